The van der Waals surface area contributed by atoms with Gasteiger partial charge in [0.15, 0.2) is 5.82 Å². The molecular weight excluding hydrogens is 394 g/mol. The van der Waals surface area contributed by atoms with E-state index in [4.69, 9.17) is 8.92 Å². The first-order valence-corrected chi connectivity index (χ1v) is 9.68. The first-order valence-electron chi connectivity index (χ1n) is 8.27. The molecule has 0 bridgehead atoms. The first kappa shape index (κ1) is 20.4. The maximum Gasteiger partial charge on any atom is 0.345 e. The van der Waals surface area contributed by atoms with E-state index in [1.54, 1.807) is 19.1 Å². The molecule has 0 radical (unpaired) electrons. The number of benzene rings is 1. The van der Waals surface area contributed by atoms with Crippen LogP contribution < -0.4 is 0 Å². The second-order valence-corrected chi connectivity index (χ2v) is 8.00. The Kier molecular flexibility index (Phi) is 5.50. The molecule has 0 amide bonds. The van der Waals surface area contributed by atoms with E-state index in [0.29, 0.717) is 0 Å². The summed E-state index contributed by atoms with van der Waals surface area (Å²) in [5.74, 6) is -0.237. The van der Waals surface area contributed by atoms with Crippen molar-refractivity contribution < 1.29 is 32.5 Å². The molecular formula is C16H19N3O8S. The maximum atomic E-state index is 12.3. The van der Waals surface area contributed by atoms with Crippen molar-refractivity contribution in [1.29, 1.82) is 0 Å². The molecule has 1 fully saturated rings. The van der Waals surface area contributed by atoms with Crippen molar-refractivity contribution in [3.8, 4) is 0 Å². The fraction of sp³-hybridized carbons (Fsp3) is 0.438. The number of nitrogens with zero attached hydrogens (tertiary/aromatic N) is 3. The number of aliphatic hydroxyl groups excluding tert-OH is 2. The minimum atomic E-state index is -4.11. The minimum Gasteiger partial charge on any atom is -0.387 e. The van der Waals surface area contributed by atoms with Crippen molar-refractivity contribution in [2.45, 2.75) is 43.3 Å². The summed E-state index contributed by atoms with van der Waals surface area (Å²) in [6.45, 7) is 2.70. The quantitative estimate of drug-likeness (QED) is 0.390. The Labute approximate surface area is 160 Å². The summed E-state index contributed by atoms with van der Waals surface area (Å²) in [5.41, 5.74) is 0.872. The summed E-state index contributed by atoms with van der Waals surface area (Å²) in [4.78, 5) is 14.2. The number of aryl methyl sites for hydroxylation is 2. The van der Waals surface area contributed by atoms with E-state index in [0.717, 1.165) is 16.3 Å². The van der Waals surface area contributed by atoms with E-state index in [1.165, 1.54) is 19.1 Å². The lowest BCUT2D eigenvalue weighted by Crippen LogP contribution is -2.34. The highest BCUT2D eigenvalue weighted by Gasteiger charge is 2.48. The Morgan fingerprint density at radius 1 is 1.25 bits per heavy atom. The van der Waals surface area contributed by atoms with Gasteiger partial charge >= 0.3 is 5.82 Å². The van der Waals surface area contributed by atoms with Crippen molar-refractivity contribution in [2.75, 3.05) is 6.61 Å². The van der Waals surface area contributed by atoms with Crippen molar-refractivity contribution >= 4 is 15.9 Å². The van der Waals surface area contributed by atoms with Crippen LogP contribution in [0.4, 0.5) is 5.82 Å². The number of hydrogen-bond donors (Lipinski definition) is 2. The van der Waals surface area contributed by atoms with E-state index in [1.807, 2.05) is 0 Å². The highest BCUT2D eigenvalue weighted by Crippen LogP contribution is 2.34. The lowest BCUT2D eigenvalue weighted by molar-refractivity contribution is -0.394. The molecule has 2 N–H and O–H groups in total. The fourth-order valence-electron chi connectivity index (χ4n) is 2.90. The van der Waals surface area contributed by atoms with Crippen LogP contribution in [0.25, 0.3) is 0 Å². The van der Waals surface area contributed by atoms with Gasteiger partial charge in [-0.25, -0.2) is 4.98 Å². The molecule has 28 heavy (non-hydrogen) atoms. The average Bonchev–Trinajstić information content (AvgIpc) is 3.14. The molecule has 2 heterocycles. The molecule has 12 heteroatoms. The molecule has 1 aromatic heterocycles. The van der Waals surface area contributed by atoms with Gasteiger partial charge in [0, 0.05) is 6.92 Å². The third kappa shape index (κ3) is 3.77. The highest BCUT2D eigenvalue weighted by molar-refractivity contribution is 7.86. The average molecular weight is 413 g/mol. The number of rotatable bonds is 6. The van der Waals surface area contributed by atoms with Crippen LogP contribution in [0.3, 0.4) is 0 Å². The van der Waals surface area contributed by atoms with Gasteiger partial charge in [0.05, 0.1) is 11.5 Å². The van der Waals surface area contributed by atoms with E-state index in [9.17, 15) is 28.7 Å². The van der Waals surface area contributed by atoms with Crippen LogP contribution in [-0.2, 0) is 19.0 Å². The Bertz CT molecular complexity index is 972. The van der Waals surface area contributed by atoms with E-state index < -0.39 is 52.0 Å². The number of hydrogen-bond acceptors (Lipinski definition) is 9. The van der Waals surface area contributed by atoms with Gasteiger partial charge in [0.25, 0.3) is 10.1 Å². The summed E-state index contributed by atoms with van der Waals surface area (Å²) in [6, 6.07) is 5.98. The Morgan fingerprint density at radius 2 is 1.89 bits per heavy atom. The summed E-state index contributed by atoms with van der Waals surface area (Å²) in [6.07, 6.45) is -4.58. The SMILES string of the molecule is Cc1ccc(S(=O)(=O)OCC2OC(n3c([N+](=O)[O-])cnc3C)C(O)C2O)cc1. The highest BCUT2D eigenvalue weighted by atomic mass is 32.2. The second kappa shape index (κ2) is 7.56. The minimum absolute atomic E-state index is 0.0659. The Hall–Kier alpha value is -2.38. The van der Waals surface area contributed by atoms with E-state index in [2.05, 4.69) is 4.98 Å². The summed E-state index contributed by atoms with van der Waals surface area (Å²) >= 11 is 0. The number of ether oxygens (including phenoxy) is 1. The zero-order chi connectivity index (χ0) is 20.6. The van der Waals surface area contributed by atoms with E-state index in [-0.39, 0.29) is 10.7 Å². The smallest absolute Gasteiger partial charge is 0.345 e. The van der Waals surface area contributed by atoms with Gasteiger partial charge in [-0.15, -0.1) is 0 Å². The third-order valence-corrected chi connectivity index (χ3v) is 5.73. The van der Waals surface area contributed by atoms with Gasteiger partial charge in [0.1, 0.15) is 24.5 Å². The van der Waals surface area contributed by atoms with Crippen molar-refractivity contribution in [1.82, 2.24) is 9.55 Å². The van der Waals surface area contributed by atoms with Gasteiger partial charge in [-0.1, -0.05) is 17.7 Å². The normalized spacial score (nSPS) is 25.1. The topological polar surface area (TPSA) is 154 Å². The predicted octanol–water partition coefficient (Wildman–Crippen LogP) is 0.433. The predicted molar refractivity (Wildman–Crippen MR) is 93.9 cm³/mol. The maximum absolute atomic E-state index is 12.3. The molecule has 3 rings (SSSR count). The molecule has 2 aromatic rings. The van der Waals surface area contributed by atoms with Crippen LogP contribution >= 0.6 is 0 Å². The van der Waals surface area contributed by atoms with Crippen LogP contribution in [0.5, 0.6) is 0 Å². The number of nitro groups is 1. The number of aliphatic hydroxyl groups is 2. The Morgan fingerprint density at radius 3 is 2.50 bits per heavy atom. The van der Waals surface area contributed by atoms with Crippen LogP contribution in [0.1, 0.15) is 17.6 Å². The van der Waals surface area contributed by atoms with Gasteiger partial charge in [-0.3, -0.25) is 4.18 Å². The molecule has 11 nitrogen and oxygen atoms in total. The van der Waals surface area contributed by atoms with Crippen LogP contribution in [0.2, 0.25) is 0 Å². The van der Waals surface area contributed by atoms with Crippen molar-refractivity contribution in [2.24, 2.45) is 0 Å². The van der Waals surface area contributed by atoms with E-state index >= 15 is 0 Å². The molecule has 1 aliphatic heterocycles. The van der Waals surface area contributed by atoms with Gasteiger partial charge in [-0.2, -0.15) is 13.0 Å². The third-order valence-electron chi connectivity index (χ3n) is 4.44. The van der Waals surface area contributed by atoms with Crippen LogP contribution in [0.15, 0.2) is 35.4 Å². The van der Waals surface area contributed by atoms with Crippen molar-refractivity contribution in [3.05, 3.63) is 52.0 Å². The van der Waals surface area contributed by atoms with Crippen molar-refractivity contribution in [3.63, 3.8) is 0 Å². The standard InChI is InChI=1S/C16H19N3O8S/c1-9-3-5-11(6-4-9)28(24,25)26-8-12-14(20)15(21)16(27-12)18-10(2)17-7-13(18)19(22)23/h3-7,12,14-16,20-21H,8H2,1-2H3. The second-order valence-electron chi connectivity index (χ2n) is 6.39. The molecule has 152 valence electrons. The lowest BCUT2D eigenvalue weighted by atomic mass is 10.1. The molecule has 1 saturated heterocycles. The number of aromatic nitrogens is 2. The molecule has 0 spiro atoms. The van der Waals surface area contributed by atoms with Crippen LogP contribution in [0, 0.1) is 24.0 Å². The first-order chi connectivity index (χ1) is 13.1. The molecule has 4 atom stereocenters. The zero-order valence-corrected chi connectivity index (χ0v) is 15.8. The van der Waals surface area contributed by atoms with Crippen LogP contribution in [-0.4, -0.2) is 58.0 Å². The van der Waals surface area contributed by atoms with Gasteiger partial charge in [-0.05, 0) is 24.0 Å². The largest absolute Gasteiger partial charge is 0.387 e. The molecule has 0 saturated carbocycles. The molecule has 1 aromatic carbocycles. The molecule has 0 aliphatic carbocycles. The fourth-order valence-corrected chi connectivity index (χ4v) is 3.82. The van der Waals surface area contributed by atoms with Gasteiger partial charge < -0.3 is 25.1 Å². The van der Waals surface area contributed by atoms with Gasteiger partial charge in [0.2, 0.25) is 6.23 Å². The summed E-state index contributed by atoms with van der Waals surface area (Å²) < 4.78 is 36.0. The lowest BCUT2D eigenvalue weighted by Gasteiger charge is -2.14. The monoisotopic (exact) mass is 413 g/mol. The molecule has 4 unspecified atom stereocenters. The number of imidazole rings is 1. The Balaban J connectivity index is 1.76. The summed E-state index contributed by atoms with van der Waals surface area (Å²) in [5, 5.41) is 31.6. The summed E-state index contributed by atoms with van der Waals surface area (Å²) in [7, 11) is -4.11. The molecule has 1 aliphatic rings. The zero-order valence-electron chi connectivity index (χ0n) is 15.0.